The Morgan fingerprint density at radius 1 is 1.30 bits per heavy atom. The number of carbonyl (C=O) groups is 1. The van der Waals surface area contributed by atoms with Crippen LogP contribution in [0.3, 0.4) is 0 Å². The molecule has 174 valence electrons. The Morgan fingerprint density at radius 2 is 2.09 bits per heavy atom. The molecule has 1 aliphatic heterocycles. The van der Waals surface area contributed by atoms with Gasteiger partial charge in [-0.1, -0.05) is 17.7 Å². The highest BCUT2D eigenvalue weighted by Gasteiger charge is 2.39. The lowest BCUT2D eigenvalue weighted by Crippen LogP contribution is -2.57. The Labute approximate surface area is 201 Å². The minimum atomic E-state index is -1.00. The third-order valence-corrected chi connectivity index (χ3v) is 6.62. The number of aromatic nitrogens is 1. The first kappa shape index (κ1) is 23.5. The summed E-state index contributed by atoms with van der Waals surface area (Å²) < 4.78 is 11.2. The highest BCUT2D eigenvalue weighted by Crippen LogP contribution is 2.29. The molecule has 0 radical (unpaired) electrons. The first-order valence-electron chi connectivity index (χ1n) is 10.6. The van der Waals surface area contributed by atoms with Crippen molar-refractivity contribution in [3.63, 3.8) is 0 Å². The zero-order valence-corrected chi connectivity index (χ0v) is 20.0. The Balaban J connectivity index is 1.34. The van der Waals surface area contributed by atoms with Crippen molar-refractivity contribution in [3.05, 3.63) is 58.9 Å². The van der Waals surface area contributed by atoms with Crippen LogP contribution in [-0.4, -0.2) is 59.3 Å². The minimum Gasteiger partial charge on any atom is -0.497 e. The van der Waals surface area contributed by atoms with Gasteiger partial charge in [0, 0.05) is 29.1 Å². The number of carbonyl (C=O) groups excluding carboxylic acids is 1. The predicted molar refractivity (Wildman–Crippen MR) is 130 cm³/mol. The van der Waals surface area contributed by atoms with Gasteiger partial charge in [0.1, 0.15) is 23.2 Å². The summed E-state index contributed by atoms with van der Waals surface area (Å²) in [6.45, 7) is 2.95. The number of methoxy groups -OCH3 is 1. The molecule has 1 amide bonds. The number of aliphatic hydroxyl groups is 1. The fraction of sp³-hybridized carbons (Fsp3) is 0.333. The number of likely N-dealkylation sites (tertiary alicyclic amines) is 1. The van der Waals surface area contributed by atoms with Crippen molar-refractivity contribution in [3.8, 4) is 22.8 Å². The molecule has 9 heteroatoms. The molecule has 0 saturated carbocycles. The van der Waals surface area contributed by atoms with Gasteiger partial charge >= 0.3 is 0 Å². The monoisotopic (exact) mass is 487 g/mol. The third-order valence-electron chi connectivity index (χ3n) is 5.63. The summed E-state index contributed by atoms with van der Waals surface area (Å²) in [7, 11) is 1.63. The van der Waals surface area contributed by atoms with Gasteiger partial charge in [-0.3, -0.25) is 9.69 Å². The topological polar surface area (TPSA) is 83.9 Å². The van der Waals surface area contributed by atoms with Crippen molar-refractivity contribution in [1.82, 2.24) is 9.88 Å². The number of hydrogen-bond acceptors (Lipinski definition) is 7. The molecule has 3 aromatic rings. The average molecular weight is 488 g/mol. The Bertz CT molecular complexity index is 1100. The number of nitrogens with one attached hydrogen (secondary N) is 1. The maximum absolute atomic E-state index is 12.7. The van der Waals surface area contributed by atoms with E-state index < -0.39 is 11.7 Å². The van der Waals surface area contributed by atoms with Gasteiger partial charge in [0.05, 0.1) is 19.3 Å². The van der Waals surface area contributed by atoms with E-state index in [2.05, 4.69) is 10.3 Å². The maximum atomic E-state index is 12.7. The van der Waals surface area contributed by atoms with Crippen LogP contribution in [0, 0.1) is 0 Å². The number of thiazole rings is 1. The lowest BCUT2D eigenvalue weighted by Gasteiger charge is -2.42. The van der Waals surface area contributed by atoms with E-state index in [1.54, 1.807) is 38.3 Å². The van der Waals surface area contributed by atoms with Gasteiger partial charge in [-0.25, -0.2) is 4.98 Å². The highest BCUT2D eigenvalue weighted by atomic mass is 35.5. The van der Waals surface area contributed by atoms with Crippen LogP contribution in [0.2, 0.25) is 5.02 Å². The molecular formula is C24H26ClN3O4S. The normalized spacial score (nSPS) is 20.9. The van der Waals surface area contributed by atoms with Crippen LogP contribution in [-0.2, 0) is 4.79 Å². The van der Waals surface area contributed by atoms with E-state index in [9.17, 15) is 9.90 Å². The number of nitrogens with zero attached hydrogens (tertiary/aromatic N) is 2. The van der Waals surface area contributed by atoms with Crippen molar-refractivity contribution in [2.24, 2.45) is 0 Å². The summed E-state index contributed by atoms with van der Waals surface area (Å²) in [6.07, 6.45) is 0.00347. The van der Waals surface area contributed by atoms with Crippen molar-refractivity contribution >= 4 is 34.0 Å². The molecule has 2 heterocycles. The molecule has 4 rings (SSSR count). The van der Waals surface area contributed by atoms with Crippen LogP contribution in [0.5, 0.6) is 11.5 Å². The van der Waals surface area contributed by atoms with Crippen molar-refractivity contribution < 1.29 is 19.4 Å². The molecular weight excluding hydrogens is 462 g/mol. The summed E-state index contributed by atoms with van der Waals surface area (Å²) in [5, 5.41) is 16.7. The zero-order valence-electron chi connectivity index (χ0n) is 18.5. The second-order valence-corrected chi connectivity index (χ2v) is 9.52. The molecule has 2 aromatic carbocycles. The van der Waals surface area contributed by atoms with Crippen LogP contribution in [0.25, 0.3) is 11.3 Å². The standard InChI is InChI=1S/C24H26ClN3O4S/c1-24(30)10-11-28(13-21(24)32-19-5-3-4-17(25)12-19)14-22(29)27-23-26-20(15-33-23)16-6-8-18(31-2)9-7-16/h3-9,12,15,21,30H,10-11,13-14H2,1-2H3,(H,26,27,29)/t21-,24-/m0/s1. The van der Waals surface area contributed by atoms with Gasteiger partial charge in [0.15, 0.2) is 5.13 Å². The molecule has 1 fully saturated rings. The summed E-state index contributed by atoms with van der Waals surface area (Å²) in [4.78, 5) is 19.2. The van der Waals surface area contributed by atoms with Gasteiger partial charge < -0.3 is 19.9 Å². The number of anilines is 1. The van der Waals surface area contributed by atoms with Gasteiger partial charge in [-0.15, -0.1) is 11.3 Å². The average Bonchev–Trinajstić information content (AvgIpc) is 3.24. The van der Waals surface area contributed by atoms with Crippen LogP contribution in [0.1, 0.15) is 13.3 Å². The fourth-order valence-corrected chi connectivity index (χ4v) is 4.58. The summed E-state index contributed by atoms with van der Waals surface area (Å²) in [6, 6.07) is 14.7. The van der Waals surface area contributed by atoms with E-state index in [1.807, 2.05) is 34.5 Å². The Kier molecular flexibility index (Phi) is 7.19. The summed E-state index contributed by atoms with van der Waals surface area (Å²) >= 11 is 7.42. The van der Waals surface area contributed by atoms with Gasteiger partial charge in [0.2, 0.25) is 5.91 Å². The molecule has 7 nitrogen and oxygen atoms in total. The first-order chi connectivity index (χ1) is 15.8. The van der Waals surface area contributed by atoms with Crippen LogP contribution in [0.15, 0.2) is 53.9 Å². The van der Waals surface area contributed by atoms with Crippen LogP contribution < -0.4 is 14.8 Å². The zero-order chi connectivity index (χ0) is 23.4. The number of halogens is 1. The largest absolute Gasteiger partial charge is 0.497 e. The van der Waals surface area contributed by atoms with E-state index in [0.29, 0.717) is 35.4 Å². The number of benzene rings is 2. The lowest BCUT2D eigenvalue weighted by molar-refractivity contribution is -0.122. The van der Waals surface area contributed by atoms with Crippen LogP contribution >= 0.6 is 22.9 Å². The second kappa shape index (κ2) is 10.1. The molecule has 2 N–H and O–H groups in total. The van der Waals surface area contributed by atoms with E-state index in [-0.39, 0.29) is 12.5 Å². The molecule has 1 aromatic heterocycles. The molecule has 0 unspecified atom stereocenters. The smallest absolute Gasteiger partial charge is 0.240 e. The van der Waals surface area contributed by atoms with Gasteiger partial charge in [-0.2, -0.15) is 0 Å². The first-order valence-corrected chi connectivity index (χ1v) is 11.8. The van der Waals surface area contributed by atoms with Crippen LogP contribution in [0.4, 0.5) is 5.13 Å². The molecule has 1 saturated heterocycles. The second-order valence-electron chi connectivity index (χ2n) is 8.22. The summed E-state index contributed by atoms with van der Waals surface area (Å²) in [5.41, 5.74) is 0.742. The minimum absolute atomic E-state index is 0.159. The van der Waals surface area contributed by atoms with E-state index >= 15 is 0 Å². The molecule has 0 spiro atoms. The quantitative estimate of drug-likeness (QED) is 0.516. The Morgan fingerprint density at radius 3 is 2.82 bits per heavy atom. The Hall–Kier alpha value is -2.65. The number of amides is 1. The van der Waals surface area contributed by atoms with E-state index in [0.717, 1.165) is 17.0 Å². The predicted octanol–water partition coefficient (Wildman–Crippen LogP) is 4.31. The number of ether oxygens (including phenoxy) is 2. The number of rotatable bonds is 7. The molecule has 33 heavy (non-hydrogen) atoms. The summed E-state index contributed by atoms with van der Waals surface area (Å²) in [5.74, 6) is 1.21. The van der Waals surface area contributed by atoms with E-state index in [1.165, 1.54) is 11.3 Å². The maximum Gasteiger partial charge on any atom is 0.240 e. The fourth-order valence-electron chi connectivity index (χ4n) is 3.67. The van der Waals surface area contributed by atoms with Gasteiger partial charge in [-0.05, 0) is 55.8 Å². The van der Waals surface area contributed by atoms with Crippen molar-refractivity contribution in [2.45, 2.75) is 25.0 Å². The van der Waals surface area contributed by atoms with Crippen molar-refractivity contribution in [1.29, 1.82) is 0 Å². The van der Waals surface area contributed by atoms with Crippen molar-refractivity contribution in [2.75, 3.05) is 32.1 Å². The molecule has 0 bridgehead atoms. The SMILES string of the molecule is COc1ccc(-c2csc(NC(=O)CN3CC[C@](C)(O)[C@@H](Oc4cccc(Cl)c4)C3)n2)cc1. The highest BCUT2D eigenvalue weighted by molar-refractivity contribution is 7.14. The third kappa shape index (κ3) is 6.03. The number of hydrogen-bond donors (Lipinski definition) is 2. The number of piperidine rings is 1. The molecule has 2 atom stereocenters. The van der Waals surface area contributed by atoms with E-state index in [4.69, 9.17) is 21.1 Å². The lowest BCUT2D eigenvalue weighted by atomic mass is 9.90. The molecule has 1 aliphatic rings. The van der Waals surface area contributed by atoms with Gasteiger partial charge in [0.25, 0.3) is 0 Å². The molecule has 0 aliphatic carbocycles.